The topological polar surface area (TPSA) is 183 Å². The summed E-state index contributed by atoms with van der Waals surface area (Å²) in [6.07, 6.45) is 3.44. The number of allylic oxidation sites excluding steroid dienone is 1. The molecule has 242 valence electrons. The van der Waals surface area contributed by atoms with Gasteiger partial charge in [-0.05, 0) is 25.2 Å². The number of nitrogens with one attached hydrogen (secondary N) is 5. The van der Waals surface area contributed by atoms with Crippen molar-refractivity contribution in [2.24, 2.45) is 11.8 Å². The number of amides is 5. The molecule has 6 N–H and O–H groups in total. The van der Waals surface area contributed by atoms with Crippen LogP contribution in [0, 0.1) is 11.8 Å². The Kier molecular flexibility index (Phi) is 17.5. The summed E-state index contributed by atoms with van der Waals surface area (Å²) in [5, 5.41) is 22.1. The fraction of sp³-hybridized carbons (Fsp3) is 0.643. The van der Waals surface area contributed by atoms with Crippen LogP contribution in [-0.2, 0) is 28.8 Å². The first-order valence-electron chi connectivity index (χ1n) is 14.2. The van der Waals surface area contributed by atoms with Crippen molar-refractivity contribution < 1.29 is 33.9 Å². The molecule has 0 aromatic heterocycles. The Hall–Kier alpha value is -2.65. The Morgan fingerprint density at radius 2 is 1.67 bits per heavy atom. The van der Waals surface area contributed by atoms with Gasteiger partial charge < -0.3 is 31.7 Å². The van der Waals surface area contributed by atoms with Gasteiger partial charge in [0.05, 0.1) is 6.04 Å². The molecule has 1 saturated heterocycles. The number of carboxylic acid groups (broad SMARTS) is 1. The van der Waals surface area contributed by atoms with E-state index in [9.17, 15) is 33.9 Å². The van der Waals surface area contributed by atoms with Gasteiger partial charge in [-0.25, -0.2) is 0 Å². The second-order valence-corrected chi connectivity index (χ2v) is 14.4. The van der Waals surface area contributed by atoms with Gasteiger partial charge in [0, 0.05) is 23.7 Å². The molecule has 1 rings (SSSR count). The SMILES string of the molecule is C=C[C@@H]1NC(=O)CCSC(C(=O)O)[C@H](C(C)C)NC(=O)/C(=C/C)NC(=O)[C@H](CSSCCC)NC(=O)[C@@H](C(C)C)NC1=O. The highest BCUT2D eigenvalue weighted by Gasteiger charge is 2.35. The van der Waals surface area contributed by atoms with Gasteiger partial charge in [-0.1, -0.05) is 68.4 Å². The van der Waals surface area contributed by atoms with E-state index in [1.807, 2.05) is 6.92 Å². The first-order chi connectivity index (χ1) is 20.3. The van der Waals surface area contributed by atoms with Crippen LogP contribution in [0.15, 0.2) is 24.4 Å². The number of aliphatic carboxylic acids is 1. The van der Waals surface area contributed by atoms with Crippen LogP contribution in [0.4, 0.5) is 0 Å². The number of carbonyl (C=O) groups is 6. The van der Waals surface area contributed by atoms with Crippen molar-refractivity contribution in [3.63, 3.8) is 0 Å². The molecule has 0 saturated carbocycles. The van der Waals surface area contributed by atoms with Gasteiger partial charge in [-0.3, -0.25) is 28.8 Å². The highest BCUT2D eigenvalue weighted by Crippen LogP contribution is 2.24. The molecule has 43 heavy (non-hydrogen) atoms. The third kappa shape index (κ3) is 12.9. The molecule has 1 aliphatic heterocycles. The fourth-order valence-electron chi connectivity index (χ4n) is 3.87. The summed E-state index contributed by atoms with van der Waals surface area (Å²) < 4.78 is 0. The van der Waals surface area contributed by atoms with Crippen molar-refractivity contribution in [1.82, 2.24) is 26.6 Å². The second kappa shape index (κ2) is 19.6. The van der Waals surface area contributed by atoms with Gasteiger partial charge in [0.15, 0.2) is 0 Å². The zero-order valence-corrected chi connectivity index (χ0v) is 28.0. The molecule has 1 fully saturated rings. The smallest absolute Gasteiger partial charge is 0.318 e. The summed E-state index contributed by atoms with van der Waals surface area (Å²) in [5.74, 6) is -3.88. The predicted molar refractivity (Wildman–Crippen MR) is 173 cm³/mol. The predicted octanol–water partition coefficient (Wildman–Crippen LogP) is 1.83. The molecule has 0 spiro atoms. The molecule has 1 unspecified atom stereocenters. The van der Waals surface area contributed by atoms with Gasteiger partial charge in [0.2, 0.25) is 23.6 Å². The lowest BCUT2D eigenvalue weighted by Gasteiger charge is -2.29. The zero-order chi connectivity index (χ0) is 32.7. The fourth-order valence-corrected chi connectivity index (χ4v) is 7.46. The summed E-state index contributed by atoms with van der Waals surface area (Å²) in [6.45, 7) is 14.2. The second-order valence-electron chi connectivity index (χ2n) is 10.5. The van der Waals surface area contributed by atoms with Gasteiger partial charge >= 0.3 is 5.97 Å². The van der Waals surface area contributed by atoms with Crippen molar-refractivity contribution >= 4 is 68.9 Å². The molecule has 1 aliphatic rings. The summed E-state index contributed by atoms with van der Waals surface area (Å²) in [4.78, 5) is 78.0. The molecule has 12 nitrogen and oxygen atoms in total. The molecular weight excluding hydrogens is 615 g/mol. The number of carboxylic acids is 1. The van der Waals surface area contributed by atoms with Crippen LogP contribution in [0.5, 0.6) is 0 Å². The summed E-state index contributed by atoms with van der Waals surface area (Å²) in [7, 11) is 2.92. The number of rotatable bonds is 9. The highest BCUT2D eigenvalue weighted by atomic mass is 33.1. The molecule has 5 amide bonds. The van der Waals surface area contributed by atoms with E-state index in [1.54, 1.807) is 34.6 Å². The molecular formula is C28H45N5O7S3. The minimum absolute atomic E-state index is 0.0903. The molecule has 0 aromatic carbocycles. The maximum absolute atomic E-state index is 13.4. The summed E-state index contributed by atoms with van der Waals surface area (Å²) in [5.41, 5.74) is -0.102. The largest absolute Gasteiger partial charge is 0.480 e. The highest BCUT2D eigenvalue weighted by molar-refractivity contribution is 8.76. The quantitative estimate of drug-likeness (QED) is 0.0924. The van der Waals surface area contributed by atoms with Crippen molar-refractivity contribution in [2.45, 2.75) is 83.8 Å². The average molecular weight is 660 g/mol. The van der Waals surface area contributed by atoms with Crippen LogP contribution in [-0.4, -0.2) is 87.3 Å². The van der Waals surface area contributed by atoms with E-state index in [-0.39, 0.29) is 35.5 Å². The lowest BCUT2D eigenvalue weighted by Crippen LogP contribution is -2.58. The lowest BCUT2D eigenvalue weighted by atomic mass is 10.00. The Morgan fingerprint density at radius 3 is 2.21 bits per heavy atom. The Morgan fingerprint density at radius 1 is 1.00 bits per heavy atom. The van der Waals surface area contributed by atoms with E-state index in [0.29, 0.717) is 0 Å². The van der Waals surface area contributed by atoms with Crippen LogP contribution >= 0.6 is 33.3 Å². The van der Waals surface area contributed by atoms with Crippen molar-refractivity contribution in [1.29, 1.82) is 0 Å². The minimum Gasteiger partial charge on any atom is -0.480 e. The van der Waals surface area contributed by atoms with Crippen LogP contribution in [0.1, 0.15) is 54.4 Å². The first kappa shape index (κ1) is 38.4. The van der Waals surface area contributed by atoms with E-state index < -0.39 is 64.9 Å². The summed E-state index contributed by atoms with van der Waals surface area (Å²) >= 11 is 0.987. The number of hydrogen-bond acceptors (Lipinski definition) is 9. The van der Waals surface area contributed by atoms with Gasteiger partial charge in [0.25, 0.3) is 5.91 Å². The first-order valence-corrected chi connectivity index (χ1v) is 17.7. The van der Waals surface area contributed by atoms with E-state index >= 15 is 0 Å². The maximum Gasteiger partial charge on any atom is 0.318 e. The van der Waals surface area contributed by atoms with Crippen LogP contribution < -0.4 is 26.6 Å². The van der Waals surface area contributed by atoms with E-state index in [4.69, 9.17) is 0 Å². The average Bonchev–Trinajstić information content (AvgIpc) is 2.94. The molecule has 0 aliphatic carbocycles. The molecule has 15 heteroatoms. The molecule has 0 aromatic rings. The van der Waals surface area contributed by atoms with E-state index in [1.165, 1.54) is 33.7 Å². The minimum atomic E-state index is -1.17. The number of hydrogen-bond donors (Lipinski definition) is 6. The van der Waals surface area contributed by atoms with E-state index in [0.717, 1.165) is 23.9 Å². The van der Waals surface area contributed by atoms with Crippen LogP contribution in [0.25, 0.3) is 0 Å². The molecule has 0 radical (unpaired) electrons. The number of thioether (sulfide) groups is 1. The Bertz CT molecular complexity index is 1050. The van der Waals surface area contributed by atoms with Gasteiger partial charge in [0.1, 0.15) is 29.1 Å². The normalized spacial score (nSPS) is 26.4. The van der Waals surface area contributed by atoms with Crippen LogP contribution in [0.2, 0.25) is 0 Å². The van der Waals surface area contributed by atoms with Crippen molar-refractivity contribution in [3.05, 3.63) is 24.4 Å². The number of carbonyl (C=O) groups excluding carboxylic acids is 5. The molecule has 0 bridgehead atoms. The van der Waals surface area contributed by atoms with Crippen molar-refractivity contribution in [3.8, 4) is 0 Å². The lowest BCUT2D eigenvalue weighted by molar-refractivity contribution is -0.137. The zero-order valence-electron chi connectivity index (χ0n) is 25.6. The van der Waals surface area contributed by atoms with Crippen LogP contribution in [0.3, 0.4) is 0 Å². The third-order valence-electron chi connectivity index (χ3n) is 6.32. The van der Waals surface area contributed by atoms with Crippen molar-refractivity contribution in [2.75, 3.05) is 17.3 Å². The van der Waals surface area contributed by atoms with Gasteiger partial charge in [-0.15, -0.1) is 18.3 Å². The molecule has 5 atom stereocenters. The molecule has 1 heterocycles. The van der Waals surface area contributed by atoms with Gasteiger partial charge in [-0.2, -0.15) is 0 Å². The summed E-state index contributed by atoms with van der Waals surface area (Å²) in [6, 6.07) is -4.10. The standard InChI is InChI=1S/C28H45N5O7S3/c1-8-12-42-43-14-19-26(37)30-18(10-3)25(36)32-21(15(4)5)23(28(39)40)41-13-11-20(34)29-17(9-2)24(35)33-22(16(6)7)27(38)31-19/h9-10,15-17,19,21-23H,2,8,11-14H2,1,3-7H3,(H,29,34)(H,30,37)(H,31,38)(H,32,36)(H,33,35)(H,39,40)/b18-10-/t17-,19-,21-,22+,23?/m0/s1. The maximum atomic E-state index is 13.4. The third-order valence-corrected chi connectivity index (χ3v) is 10.2. The Labute approximate surface area is 265 Å². The van der Waals surface area contributed by atoms with E-state index in [2.05, 4.69) is 33.2 Å². The Balaban J connectivity index is 3.50. The monoisotopic (exact) mass is 659 g/mol.